The maximum atomic E-state index is 12.5. The van der Waals surface area contributed by atoms with Gasteiger partial charge < -0.3 is 25.3 Å². The smallest absolute Gasteiger partial charge is 0.295 e. The van der Waals surface area contributed by atoms with E-state index >= 15 is 0 Å². The van der Waals surface area contributed by atoms with Crippen molar-refractivity contribution in [2.24, 2.45) is 5.73 Å². The van der Waals surface area contributed by atoms with E-state index in [1.54, 1.807) is 18.2 Å². The van der Waals surface area contributed by atoms with Crippen LogP contribution in [0.1, 0.15) is 19.3 Å². The highest BCUT2D eigenvalue weighted by molar-refractivity contribution is 5.76. The number of aliphatic hydroxyl groups is 1. The summed E-state index contributed by atoms with van der Waals surface area (Å²) in [6.45, 7) is 0.208. The fraction of sp³-hybridized carbons (Fsp3) is 0.438. The van der Waals surface area contributed by atoms with E-state index in [0.717, 1.165) is 12.8 Å². The molecule has 124 valence electrons. The number of hydrogen-bond acceptors (Lipinski definition) is 6. The molecule has 23 heavy (non-hydrogen) atoms. The van der Waals surface area contributed by atoms with Gasteiger partial charge in [-0.3, -0.25) is 0 Å². The van der Waals surface area contributed by atoms with Crippen LogP contribution >= 0.6 is 0 Å². The topological polar surface area (TPSA) is 93.5 Å². The highest BCUT2D eigenvalue weighted by Gasteiger charge is 2.23. The van der Waals surface area contributed by atoms with Gasteiger partial charge in [0.25, 0.3) is 6.01 Å². The first-order chi connectivity index (χ1) is 11.2. The molecule has 3 rings (SSSR count). The summed E-state index contributed by atoms with van der Waals surface area (Å²) >= 11 is 0. The standard InChI is InChI=1S/C16H20FN3O3/c17-7-10(8-18)9-22-13-3-4-14-15(6-13)23-16(20-14)19-11-1-2-12(21)5-11/h3-4,6-7,11-12,21H,1-2,5,8-9,18H2,(H,19,20). The lowest BCUT2D eigenvalue weighted by molar-refractivity contribution is 0.182. The normalized spacial score (nSPS) is 21.8. The molecule has 1 aliphatic carbocycles. The molecule has 2 aromatic rings. The number of fused-ring (bicyclic) bond motifs is 1. The van der Waals surface area contributed by atoms with Crippen LogP contribution in [0.15, 0.2) is 34.5 Å². The Bertz CT molecular complexity index is 701. The molecule has 0 aliphatic heterocycles. The van der Waals surface area contributed by atoms with Crippen LogP contribution in [0.25, 0.3) is 11.1 Å². The zero-order valence-corrected chi connectivity index (χ0v) is 12.7. The van der Waals surface area contributed by atoms with E-state index in [0.29, 0.717) is 41.2 Å². The Labute approximate surface area is 133 Å². The molecular formula is C16H20FN3O3. The quantitative estimate of drug-likeness (QED) is 0.756. The van der Waals surface area contributed by atoms with Gasteiger partial charge in [0.15, 0.2) is 5.58 Å². The first kappa shape index (κ1) is 15.8. The van der Waals surface area contributed by atoms with Crippen LogP contribution in [0.4, 0.5) is 10.4 Å². The van der Waals surface area contributed by atoms with E-state index in [-0.39, 0.29) is 25.3 Å². The molecule has 0 spiro atoms. The van der Waals surface area contributed by atoms with Crippen LogP contribution in [-0.2, 0) is 0 Å². The minimum atomic E-state index is -0.253. The van der Waals surface area contributed by atoms with Gasteiger partial charge in [0.05, 0.1) is 12.4 Å². The predicted octanol–water partition coefficient (Wildman–Crippen LogP) is 2.34. The average molecular weight is 321 g/mol. The number of ether oxygens (including phenoxy) is 1. The molecule has 2 atom stereocenters. The molecule has 1 saturated carbocycles. The van der Waals surface area contributed by atoms with Crippen molar-refractivity contribution in [3.8, 4) is 5.75 Å². The number of nitrogens with zero attached hydrogens (tertiary/aromatic N) is 1. The molecule has 1 aromatic heterocycles. The molecule has 0 bridgehead atoms. The van der Waals surface area contributed by atoms with Crippen LogP contribution in [0.2, 0.25) is 0 Å². The van der Waals surface area contributed by atoms with E-state index in [1.807, 2.05) is 0 Å². The van der Waals surface area contributed by atoms with Crippen molar-refractivity contribution in [2.75, 3.05) is 18.5 Å². The van der Waals surface area contributed by atoms with Gasteiger partial charge in [-0.2, -0.15) is 4.98 Å². The summed E-state index contributed by atoms with van der Waals surface area (Å²) in [5.74, 6) is 0.560. The molecule has 4 N–H and O–H groups in total. The lowest BCUT2D eigenvalue weighted by Gasteiger charge is -2.08. The predicted molar refractivity (Wildman–Crippen MR) is 85.0 cm³/mol. The Balaban J connectivity index is 1.68. The Hall–Kier alpha value is -2.12. The Kier molecular flexibility index (Phi) is 4.78. The molecule has 1 fully saturated rings. The summed E-state index contributed by atoms with van der Waals surface area (Å²) in [6, 6.07) is 5.85. The molecule has 1 heterocycles. The van der Waals surface area contributed by atoms with Crippen molar-refractivity contribution in [1.82, 2.24) is 4.98 Å². The molecular weight excluding hydrogens is 301 g/mol. The number of aromatic nitrogens is 1. The maximum absolute atomic E-state index is 12.5. The molecule has 0 amide bonds. The van der Waals surface area contributed by atoms with Crippen LogP contribution < -0.4 is 15.8 Å². The van der Waals surface area contributed by atoms with Gasteiger partial charge >= 0.3 is 0 Å². The fourth-order valence-corrected chi connectivity index (χ4v) is 2.63. The Morgan fingerprint density at radius 3 is 3.09 bits per heavy atom. The van der Waals surface area contributed by atoms with Gasteiger partial charge in [0.2, 0.25) is 0 Å². The summed E-state index contributed by atoms with van der Waals surface area (Å²) in [7, 11) is 0. The monoisotopic (exact) mass is 321 g/mol. The van der Waals surface area contributed by atoms with Crippen molar-refractivity contribution in [3.05, 3.63) is 30.1 Å². The highest BCUT2D eigenvalue weighted by Crippen LogP contribution is 2.27. The molecule has 1 aliphatic rings. The number of oxazole rings is 1. The molecule has 7 heteroatoms. The van der Waals surface area contributed by atoms with Crippen LogP contribution in [0.5, 0.6) is 5.75 Å². The van der Waals surface area contributed by atoms with Gasteiger partial charge in [-0.1, -0.05) is 0 Å². The van der Waals surface area contributed by atoms with E-state index < -0.39 is 0 Å². The minimum absolute atomic E-state index is 0.0950. The second kappa shape index (κ2) is 6.97. The second-order valence-corrected chi connectivity index (χ2v) is 5.72. The zero-order chi connectivity index (χ0) is 16.2. The van der Waals surface area contributed by atoms with E-state index in [4.69, 9.17) is 14.9 Å². The zero-order valence-electron chi connectivity index (χ0n) is 12.7. The first-order valence-electron chi connectivity index (χ1n) is 7.64. The van der Waals surface area contributed by atoms with Crippen LogP contribution in [0.3, 0.4) is 0 Å². The lowest BCUT2D eigenvalue weighted by Crippen LogP contribution is -2.16. The summed E-state index contributed by atoms with van der Waals surface area (Å²) < 4.78 is 23.6. The largest absolute Gasteiger partial charge is 0.489 e. The maximum Gasteiger partial charge on any atom is 0.295 e. The Morgan fingerprint density at radius 2 is 2.39 bits per heavy atom. The van der Waals surface area contributed by atoms with Crippen molar-refractivity contribution >= 4 is 17.1 Å². The minimum Gasteiger partial charge on any atom is -0.489 e. The van der Waals surface area contributed by atoms with Crippen molar-refractivity contribution in [2.45, 2.75) is 31.4 Å². The third kappa shape index (κ3) is 3.80. The molecule has 0 saturated heterocycles. The van der Waals surface area contributed by atoms with Gasteiger partial charge in [-0.15, -0.1) is 0 Å². The summed E-state index contributed by atoms with van der Waals surface area (Å²) in [5.41, 5.74) is 7.06. The SMILES string of the molecule is NCC(=CF)COc1ccc2nc(NC3CCC(O)C3)oc2c1. The number of rotatable bonds is 6. The van der Waals surface area contributed by atoms with Crippen molar-refractivity contribution in [3.63, 3.8) is 0 Å². The summed E-state index contributed by atoms with van der Waals surface area (Å²) in [5, 5.41) is 12.7. The number of nitrogens with two attached hydrogens (primary N) is 1. The number of nitrogens with one attached hydrogen (secondary N) is 1. The number of aliphatic hydroxyl groups excluding tert-OH is 1. The van der Waals surface area contributed by atoms with Crippen molar-refractivity contribution < 1.29 is 18.7 Å². The molecule has 0 radical (unpaired) electrons. The number of halogens is 1. The third-order valence-corrected chi connectivity index (χ3v) is 3.93. The van der Waals surface area contributed by atoms with Gasteiger partial charge in [-0.25, -0.2) is 4.39 Å². The van der Waals surface area contributed by atoms with E-state index in [2.05, 4.69) is 10.3 Å². The molecule has 1 aromatic carbocycles. The second-order valence-electron chi connectivity index (χ2n) is 5.72. The van der Waals surface area contributed by atoms with Gasteiger partial charge in [0, 0.05) is 24.2 Å². The number of benzene rings is 1. The fourth-order valence-electron chi connectivity index (χ4n) is 2.63. The van der Waals surface area contributed by atoms with Crippen LogP contribution in [-0.4, -0.2) is 35.4 Å². The van der Waals surface area contributed by atoms with Gasteiger partial charge in [-0.05, 0) is 31.4 Å². The number of anilines is 1. The third-order valence-electron chi connectivity index (χ3n) is 3.93. The van der Waals surface area contributed by atoms with Crippen molar-refractivity contribution in [1.29, 1.82) is 0 Å². The Morgan fingerprint density at radius 1 is 1.52 bits per heavy atom. The lowest BCUT2D eigenvalue weighted by atomic mass is 10.2. The van der Waals surface area contributed by atoms with Gasteiger partial charge in [0.1, 0.15) is 17.9 Å². The summed E-state index contributed by atoms with van der Waals surface area (Å²) in [6.07, 6.45) is 2.60. The van der Waals surface area contributed by atoms with Crippen LogP contribution in [0, 0.1) is 0 Å². The average Bonchev–Trinajstić information content (AvgIpc) is 3.13. The summed E-state index contributed by atoms with van der Waals surface area (Å²) in [4.78, 5) is 4.36. The van der Waals surface area contributed by atoms with E-state index in [9.17, 15) is 9.50 Å². The molecule has 2 unspecified atom stereocenters. The first-order valence-corrected chi connectivity index (χ1v) is 7.64. The highest BCUT2D eigenvalue weighted by atomic mass is 19.1. The molecule has 6 nitrogen and oxygen atoms in total. The van der Waals surface area contributed by atoms with E-state index in [1.165, 1.54) is 0 Å². The number of hydrogen-bond donors (Lipinski definition) is 3.